The van der Waals surface area contributed by atoms with Crippen molar-refractivity contribution in [3.05, 3.63) is 36.5 Å². The van der Waals surface area contributed by atoms with Gasteiger partial charge in [0, 0.05) is 6.42 Å². The highest BCUT2D eigenvalue weighted by molar-refractivity contribution is 5.76. The second-order valence-electron chi connectivity index (χ2n) is 16.5. The van der Waals surface area contributed by atoms with Gasteiger partial charge in [0.05, 0.1) is 32.0 Å². The predicted molar refractivity (Wildman–Crippen MR) is 231 cm³/mol. The lowest BCUT2D eigenvalue weighted by Crippen LogP contribution is -2.65. The van der Waals surface area contributed by atoms with Gasteiger partial charge in [0.2, 0.25) is 5.91 Å². The van der Waals surface area contributed by atoms with Gasteiger partial charge in [-0.1, -0.05) is 127 Å². The zero-order chi connectivity index (χ0) is 44.0. The van der Waals surface area contributed by atoms with Crippen molar-refractivity contribution in [2.75, 3.05) is 19.8 Å². The van der Waals surface area contributed by atoms with Crippen molar-refractivity contribution in [1.29, 1.82) is 0 Å². The van der Waals surface area contributed by atoms with Crippen molar-refractivity contribution in [1.82, 2.24) is 5.32 Å². The van der Waals surface area contributed by atoms with Crippen LogP contribution in [0.25, 0.3) is 0 Å². The van der Waals surface area contributed by atoms with Crippen molar-refractivity contribution in [2.45, 2.75) is 229 Å². The molecule has 350 valence electrons. The van der Waals surface area contributed by atoms with E-state index in [2.05, 4.69) is 43.5 Å². The average molecular weight is 858 g/mol. The third kappa shape index (κ3) is 21.5. The Bertz CT molecular complexity index is 1150. The van der Waals surface area contributed by atoms with Crippen LogP contribution in [-0.4, -0.2) is 140 Å². The number of carbonyl (C=O) groups is 1. The van der Waals surface area contributed by atoms with Gasteiger partial charge in [0.1, 0.15) is 48.8 Å². The molecule has 9 N–H and O–H groups in total. The zero-order valence-corrected chi connectivity index (χ0v) is 36.7. The summed E-state index contributed by atoms with van der Waals surface area (Å²) < 4.78 is 22.6. The first-order valence-corrected chi connectivity index (χ1v) is 23.2. The fourth-order valence-electron chi connectivity index (χ4n) is 7.42. The lowest BCUT2D eigenvalue weighted by atomic mass is 9.97. The molecule has 14 nitrogen and oxygen atoms in total. The smallest absolute Gasteiger partial charge is 0.220 e. The molecule has 12 unspecified atom stereocenters. The number of ether oxygens (including phenoxy) is 4. The van der Waals surface area contributed by atoms with Crippen molar-refractivity contribution >= 4 is 5.91 Å². The lowest BCUT2D eigenvalue weighted by Gasteiger charge is -2.46. The molecule has 2 heterocycles. The van der Waals surface area contributed by atoms with Gasteiger partial charge in [-0.2, -0.15) is 0 Å². The van der Waals surface area contributed by atoms with Crippen LogP contribution in [0.5, 0.6) is 0 Å². The Balaban J connectivity index is 1.92. The van der Waals surface area contributed by atoms with E-state index in [1.807, 2.05) is 6.08 Å². The molecule has 0 spiro atoms. The summed E-state index contributed by atoms with van der Waals surface area (Å²) >= 11 is 0. The van der Waals surface area contributed by atoms with Crippen LogP contribution < -0.4 is 5.32 Å². The number of nitrogens with one attached hydrogen (secondary N) is 1. The predicted octanol–water partition coefficient (Wildman–Crippen LogP) is 4.76. The van der Waals surface area contributed by atoms with E-state index in [1.54, 1.807) is 6.08 Å². The van der Waals surface area contributed by atoms with Gasteiger partial charge in [-0.05, 0) is 57.8 Å². The van der Waals surface area contributed by atoms with Crippen LogP contribution in [0.3, 0.4) is 0 Å². The van der Waals surface area contributed by atoms with E-state index in [4.69, 9.17) is 18.9 Å². The van der Waals surface area contributed by atoms with E-state index >= 15 is 0 Å². The monoisotopic (exact) mass is 858 g/mol. The average Bonchev–Trinajstić information content (AvgIpc) is 3.24. The number of allylic oxidation sites excluding steroid dienone is 5. The van der Waals surface area contributed by atoms with Crippen LogP contribution in [0, 0.1) is 0 Å². The molecular weight excluding hydrogens is 774 g/mol. The molecule has 2 saturated heterocycles. The second kappa shape index (κ2) is 33.7. The molecule has 60 heavy (non-hydrogen) atoms. The highest BCUT2D eigenvalue weighted by Gasteiger charge is 2.50. The largest absolute Gasteiger partial charge is 0.394 e. The van der Waals surface area contributed by atoms with Crippen molar-refractivity contribution in [3.8, 4) is 0 Å². The molecule has 0 bridgehead atoms. The van der Waals surface area contributed by atoms with E-state index < -0.39 is 86.8 Å². The van der Waals surface area contributed by atoms with Gasteiger partial charge in [-0.15, -0.1) is 0 Å². The number of aliphatic hydroxyl groups is 8. The standard InChI is InChI=1S/C46H83NO13/c1-3-5-7-9-11-13-15-17-18-19-21-23-25-27-29-35(50)34(47-38(51)30-28-26-24-22-20-16-14-12-10-8-6-4-2)33-57-45-43(56)41(54)44(37(32-49)59-45)60-46-42(55)40(53)39(52)36(31-48)58-46/h12,14,19,21,27,29,34-37,39-46,48-50,52-56H,3-11,13,15-18,20,22-26,28,30-33H2,1-2H3,(H,47,51)/b14-12-,21-19+,29-27+. The van der Waals surface area contributed by atoms with Crippen LogP contribution in [-0.2, 0) is 23.7 Å². The molecule has 1 amide bonds. The Hall–Kier alpha value is -1.79. The van der Waals surface area contributed by atoms with E-state index in [-0.39, 0.29) is 18.9 Å². The summed E-state index contributed by atoms with van der Waals surface area (Å²) in [6.45, 7) is 2.70. The molecule has 0 aromatic heterocycles. The molecular formula is C46H83NO13. The highest BCUT2D eigenvalue weighted by Crippen LogP contribution is 2.30. The number of hydrogen-bond acceptors (Lipinski definition) is 13. The summed E-state index contributed by atoms with van der Waals surface area (Å²) in [5.41, 5.74) is 0. The molecule has 2 aliphatic heterocycles. The molecule has 12 atom stereocenters. The summed E-state index contributed by atoms with van der Waals surface area (Å²) in [7, 11) is 0. The maximum absolute atomic E-state index is 13.1. The van der Waals surface area contributed by atoms with Gasteiger partial charge >= 0.3 is 0 Å². The van der Waals surface area contributed by atoms with E-state index in [1.165, 1.54) is 70.6 Å². The Morgan fingerprint density at radius 3 is 1.67 bits per heavy atom. The number of unbranched alkanes of at least 4 members (excludes halogenated alkanes) is 17. The van der Waals surface area contributed by atoms with Gasteiger partial charge in [-0.25, -0.2) is 0 Å². The minimum Gasteiger partial charge on any atom is -0.394 e. The molecule has 0 saturated carbocycles. The van der Waals surface area contributed by atoms with Crippen molar-refractivity contribution in [3.63, 3.8) is 0 Å². The molecule has 0 aliphatic carbocycles. The van der Waals surface area contributed by atoms with Gasteiger partial charge in [0.15, 0.2) is 12.6 Å². The Morgan fingerprint density at radius 1 is 0.583 bits per heavy atom. The van der Waals surface area contributed by atoms with Crippen molar-refractivity contribution in [2.24, 2.45) is 0 Å². The third-order valence-electron chi connectivity index (χ3n) is 11.3. The molecule has 0 aromatic carbocycles. The molecule has 0 radical (unpaired) electrons. The van der Waals surface area contributed by atoms with Gasteiger partial charge < -0.3 is 65.1 Å². The number of aliphatic hydroxyl groups excluding tert-OH is 8. The Morgan fingerprint density at radius 2 is 1.07 bits per heavy atom. The normalized spacial score (nSPS) is 28.6. The molecule has 2 fully saturated rings. The van der Waals surface area contributed by atoms with Crippen molar-refractivity contribution < 1.29 is 64.6 Å². The Labute approximate surface area is 360 Å². The molecule has 0 aromatic rings. The van der Waals surface area contributed by atoms with Gasteiger partial charge in [-0.3, -0.25) is 4.79 Å². The summed E-state index contributed by atoms with van der Waals surface area (Å²) in [6.07, 6.45) is 19.1. The zero-order valence-electron chi connectivity index (χ0n) is 36.7. The number of rotatable bonds is 34. The third-order valence-corrected chi connectivity index (χ3v) is 11.3. The fraction of sp³-hybridized carbons (Fsp3) is 0.848. The highest BCUT2D eigenvalue weighted by atomic mass is 16.7. The van der Waals surface area contributed by atoms with E-state index in [0.29, 0.717) is 12.8 Å². The summed E-state index contributed by atoms with van der Waals surface area (Å²) in [5.74, 6) is -0.263. The molecule has 2 aliphatic rings. The maximum atomic E-state index is 13.1. The Kier molecular flexibility index (Phi) is 30.5. The summed E-state index contributed by atoms with van der Waals surface area (Å²) in [6, 6.07) is -0.931. The first kappa shape index (κ1) is 54.3. The molecule has 2 rings (SSSR count). The SMILES string of the molecule is CCCCC/C=C\CCCCCCCC(=O)NC(COC1OC(CO)C(OC2OC(CO)C(O)C(O)C2O)C(O)C1O)C(O)/C=C/CC/C=C/CCCCCCCCCC. The summed E-state index contributed by atoms with van der Waals surface area (Å²) in [4.78, 5) is 13.1. The quantitative estimate of drug-likeness (QED) is 0.0315. The van der Waals surface area contributed by atoms with Crippen LogP contribution in [0.1, 0.15) is 155 Å². The van der Waals surface area contributed by atoms with Crippen LogP contribution in [0.4, 0.5) is 0 Å². The van der Waals surface area contributed by atoms with Crippen LogP contribution >= 0.6 is 0 Å². The van der Waals surface area contributed by atoms with Gasteiger partial charge in [0.25, 0.3) is 0 Å². The molecule has 14 heteroatoms. The maximum Gasteiger partial charge on any atom is 0.220 e. The van der Waals surface area contributed by atoms with Crippen LogP contribution in [0.2, 0.25) is 0 Å². The minimum atomic E-state index is -1.79. The van der Waals surface area contributed by atoms with E-state index in [0.717, 1.165) is 51.4 Å². The lowest BCUT2D eigenvalue weighted by molar-refractivity contribution is -0.359. The topological polar surface area (TPSA) is 228 Å². The minimum absolute atomic E-state index is 0.263. The summed E-state index contributed by atoms with van der Waals surface area (Å²) in [5, 5.41) is 86.4. The van der Waals surface area contributed by atoms with E-state index in [9.17, 15) is 45.6 Å². The fourth-order valence-corrected chi connectivity index (χ4v) is 7.42. The first-order chi connectivity index (χ1) is 29.1. The first-order valence-electron chi connectivity index (χ1n) is 23.2. The number of amides is 1. The van der Waals surface area contributed by atoms with Crippen LogP contribution in [0.15, 0.2) is 36.5 Å². The second-order valence-corrected chi connectivity index (χ2v) is 16.5. The number of carbonyl (C=O) groups excluding carboxylic acids is 1. The number of hydrogen-bond donors (Lipinski definition) is 9.